The normalized spacial score (nSPS) is 10.1. The first-order valence-electron chi connectivity index (χ1n) is 6.03. The quantitative estimate of drug-likeness (QED) is 0.593. The Balaban J connectivity index is 2.88. The summed E-state index contributed by atoms with van der Waals surface area (Å²) < 4.78 is 9.63. The molecule has 0 aliphatic rings. The van der Waals surface area contributed by atoms with Gasteiger partial charge in [0.05, 0.1) is 19.3 Å². The molecule has 1 rings (SSSR count). The van der Waals surface area contributed by atoms with Crippen LogP contribution < -0.4 is 0 Å². The van der Waals surface area contributed by atoms with E-state index in [-0.39, 0.29) is 11.9 Å². The number of methoxy groups -OCH3 is 1. The van der Waals surface area contributed by atoms with E-state index in [9.17, 15) is 9.59 Å². The van der Waals surface area contributed by atoms with Crippen LogP contribution in [0, 0.1) is 0 Å². The molecule has 0 aliphatic heterocycles. The molecule has 0 fully saturated rings. The van der Waals surface area contributed by atoms with Crippen LogP contribution in [0.25, 0.3) is 0 Å². The SMILES string of the molecule is CCOC(=O)c1cc(CCC(=O)OC)ccc1SC. The lowest BCUT2D eigenvalue weighted by Gasteiger charge is -2.09. The number of thioether (sulfide) groups is 1. The van der Waals surface area contributed by atoms with Crippen molar-refractivity contribution in [1.29, 1.82) is 0 Å². The molecule has 5 heteroatoms. The van der Waals surface area contributed by atoms with Gasteiger partial charge in [-0.25, -0.2) is 4.79 Å². The van der Waals surface area contributed by atoms with E-state index in [4.69, 9.17) is 4.74 Å². The fourth-order valence-corrected chi connectivity index (χ4v) is 2.19. The maximum atomic E-state index is 11.8. The first-order chi connectivity index (χ1) is 9.12. The van der Waals surface area contributed by atoms with Crippen molar-refractivity contribution in [2.24, 2.45) is 0 Å². The highest BCUT2D eigenvalue weighted by Gasteiger charge is 2.13. The van der Waals surface area contributed by atoms with Gasteiger partial charge in [0.15, 0.2) is 0 Å². The number of carbonyl (C=O) groups excluding carboxylic acids is 2. The molecule has 0 saturated heterocycles. The summed E-state index contributed by atoms with van der Waals surface area (Å²) in [4.78, 5) is 23.8. The Morgan fingerprint density at radius 1 is 1.32 bits per heavy atom. The molecule has 19 heavy (non-hydrogen) atoms. The predicted molar refractivity (Wildman–Crippen MR) is 74.5 cm³/mol. The van der Waals surface area contributed by atoms with Crippen molar-refractivity contribution in [3.8, 4) is 0 Å². The van der Waals surface area contributed by atoms with E-state index in [1.807, 2.05) is 18.4 Å². The number of benzene rings is 1. The zero-order valence-corrected chi connectivity index (χ0v) is 12.2. The lowest BCUT2D eigenvalue weighted by Crippen LogP contribution is -2.08. The number of esters is 2. The van der Waals surface area contributed by atoms with Gasteiger partial charge in [-0.05, 0) is 37.3 Å². The highest BCUT2D eigenvalue weighted by atomic mass is 32.2. The van der Waals surface area contributed by atoms with Gasteiger partial charge in [-0.2, -0.15) is 0 Å². The van der Waals surface area contributed by atoms with Gasteiger partial charge in [0.1, 0.15) is 0 Å². The molecular formula is C14H18O4S. The molecule has 4 nitrogen and oxygen atoms in total. The molecule has 0 bridgehead atoms. The van der Waals surface area contributed by atoms with Crippen molar-refractivity contribution in [1.82, 2.24) is 0 Å². The first kappa shape index (κ1) is 15.6. The Morgan fingerprint density at radius 3 is 2.63 bits per heavy atom. The second-order valence-corrected chi connectivity index (χ2v) is 4.68. The smallest absolute Gasteiger partial charge is 0.339 e. The maximum Gasteiger partial charge on any atom is 0.339 e. The molecule has 0 N–H and O–H groups in total. The maximum absolute atomic E-state index is 11.8. The number of hydrogen-bond acceptors (Lipinski definition) is 5. The summed E-state index contributed by atoms with van der Waals surface area (Å²) >= 11 is 1.49. The fraction of sp³-hybridized carbons (Fsp3) is 0.429. The summed E-state index contributed by atoms with van der Waals surface area (Å²) in [6.07, 6.45) is 2.76. The van der Waals surface area contributed by atoms with Crippen LogP contribution in [-0.4, -0.2) is 31.9 Å². The van der Waals surface area contributed by atoms with Crippen LogP contribution in [-0.2, 0) is 20.7 Å². The van der Waals surface area contributed by atoms with Gasteiger partial charge in [0, 0.05) is 11.3 Å². The van der Waals surface area contributed by atoms with E-state index in [1.54, 1.807) is 13.0 Å². The third kappa shape index (κ3) is 4.59. The van der Waals surface area contributed by atoms with Crippen LogP contribution in [0.15, 0.2) is 23.1 Å². The highest BCUT2D eigenvalue weighted by molar-refractivity contribution is 7.98. The van der Waals surface area contributed by atoms with Crippen molar-refractivity contribution in [2.45, 2.75) is 24.7 Å². The molecule has 0 aromatic heterocycles. The standard InChI is InChI=1S/C14H18O4S/c1-4-18-14(16)11-9-10(5-7-12(11)19-3)6-8-13(15)17-2/h5,7,9H,4,6,8H2,1-3H3. The van der Waals surface area contributed by atoms with E-state index < -0.39 is 0 Å². The zero-order valence-electron chi connectivity index (χ0n) is 11.4. The van der Waals surface area contributed by atoms with Gasteiger partial charge in [-0.1, -0.05) is 6.07 Å². The van der Waals surface area contributed by atoms with Crippen LogP contribution in [0.1, 0.15) is 29.3 Å². The molecule has 1 aromatic carbocycles. The van der Waals surface area contributed by atoms with Crippen molar-refractivity contribution in [3.05, 3.63) is 29.3 Å². The van der Waals surface area contributed by atoms with Crippen molar-refractivity contribution >= 4 is 23.7 Å². The first-order valence-corrected chi connectivity index (χ1v) is 7.25. The fourth-order valence-electron chi connectivity index (χ4n) is 1.63. The minimum Gasteiger partial charge on any atom is -0.469 e. The van der Waals surface area contributed by atoms with Gasteiger partial charge in [0.25, 0.3) is 0 Å². The minimum atomic E-state index is -0.327. The van der Waals surface area contributed by atoms with Crippen LogP contribution in [0.3, 0.4) is 0 Å². The summed E-state index contributed by atoms with van der Waals surface area (Å²) in [7, 11) is 1.36. The Labute approximate surface area is 117 Å². The number of aryl methyl sites for hydroxylation is 1. The molecule has 0 atom stereocenters. The van der Waals surface area contributed by atoms with Gasteiger partial charge < -0.3 is 9.47 Å². The van der Waals surface area contributed by atoms with Crippen LogP contribution >= 0.6 is 11.8 Å². The van der Waals surface area contributed by atoms with Gasteiger partial charge in [-0.3, -0.25) is 4.79 Å². The Hall–Kier alpha value is -1.49. The number of hydrogen-bond donors (Lipinski definition) is 0. The third-order valence-corrected chi connectivity index (χ3v) is 3.40. The monoisotopic (exact) mass is 282 g/mol. The van der Waals surface area contributed by atoms with E-state index >= 15 is 0 Å². The van der Waals surface area contributed by atoms with Crippen molar-refractivity contribution in [2.75, 3.05) is 20.0 Å². The Kier molecular flexibility index (Phi) is 6.42. The lowest BCUT2D eigenvalue weighted by molar-refractivity contribution is -0.140. The number of rotatable bonds is 6. The lowest BCUT2D eigenvalue weighted by atomic mass is 10.1. The Bertz CT molecular complexity index is 457. The largest absolute Gasteiger partial charge is 0.469 e. The second kappa shape index (κ2) is 7.84. The molecule has 0 radical (unpaired) electrons. The molecule has 0 aliphatic carbocycles. The third-order valence-electron chi connectivity index (χ3n) is 2.60. The summed E-state index contributed by atoms with van der Waals surface area (Å²) in [5, 5.41) is 0. The topological polar surface area (TPSA) is 52.6 Å². The minimum absolute atomic E-state index is 0.258. The molecule has 1 aromatic rings. The average molecular weight is 282 g/mol. The summed E-state index contributed by atoms with van der Waals surface area (Å²) in [6, 6.07) is 5.58. The molecule has 0 spiro atoms. The van der Waals surface area contributed by atoms with Crippen molar-refractivity contribution < 1.29 is 19.1 Å². The van der Waals surface area contributed by atoms with Crippen LogP contribution in [0.4, 0.5) is 0 Å². The zero-order chi connectivity index (χ0) is 14.3. The molecule has 104 valence electrons. The van der Waals surface area contributed by atoms with Gasteiger partial charge >= 0.3 is 11.9 Å². The van der Waals surface area contributed by atoms with Crippen molar-refractivity contribution in [3.63, 3.8) is 0 Å². The van der Waals surface area contributed by atoms with E-state index in [0.29, 0.717) is 25.0 Å². The van der Waals surface area contributed by atoms with Crippen LogP contribution in [0.2, 0.25) is 0 Å². The van der Waals surface area contributed by atoms with Gasteiger partial charge in [0.2, 0.25) is 0 Å². The molecule has 0 unspecified atom stereocenters. The summed E-state index contributed by atoms with van der Waals surface area (Å²) in [6.45, 7) is 2.12. The average Bonchev–Trinajstić information content (AvgIpc) is 2.44. The van der Waals surface area contributed by atoms with E-state index in [2.05, 4.69) is 4.74 Å². The highest BCUT2D eigenvalue weighted by Crippen LogP contribution is 2.23. The van der Waals surface area contributed by atoms with Gasteiger partial charge in [-0.15, -0.1) is 11.8 Å². The van der Waals surface area contributed by atoms with E-state index in [1.165, 1.54) is 18.9 Å². The summed E-state index contributed by atoms with van der Waals surface area (Å²) in [5.74, 6) is -0.585. The summed E-state index contributed by atoms with van der Waals surface area (Å²) in [5.41, 5.74) is 1.47. The van der Waals surface area contributed by atoms with E-state index in [0.717, 1.165) is 10.5 Å². The second-order valence-electron chi connectivity index (χ2n) is 3.83. The number of carbonyl (C=O) groups is 2. The molecule has 0 heterocycles. The number of ether oxygens (including phenoxy) is 2. The molecule has 0 amide bonds. The molecule has 0 saturated carbocycles. The van der Waals surface area contributed by atoms with Crippen LogP contribution in [0.5, 0.6) is 0 Å². The predicted octanol–water partition coefficient (Wildman–Crippen LogP) is 2.69. The Morgan fingerprint density at radius 2 is 2.05 bits per heavy atom. The molecular weight excluding hydrogens is 264 g/mol.